The predicted molar refractivity (Wildman–Crippen MR) is 69.6 cm³/mol. The zero-order valence-electron chi connectivity index (χ0n) is 11.0. The lowest BCUT2D eigenvalue weighted by atomic mass is 9.94. The van der Waals surface area contributed by atoms with E-state index >= 15 is 0 Å². The first-order valence-corrected chi connectivity index (χ1v) is 6.26. The minimum Gasteiger partial charge on any atom is -0.339 e. The first-order chi connectivity index (χ1) is 8.06. The van der Waals surface area contributed by atoms with Crippen molar-refractivity contribution >= 4 is 5.91 Å². The minimum atomic E-state index is -0.476. The van der Waals surface area contributed by atoms with Gasteiger partial charge >= 0.3 is 0 Å². The number of nitrogens with zero attached hydrogens (tertiary/aromatic N) is 1. The normalized spacial score (nSPS) is 16.4. The van der Waals surface area contributed by atoms with Gasteiger partial charge in [0.15, 0.2) is 0 Å². The highest BCUT2D eigenvalue weighted by atomic mass is 16.2. The molecule has 0 bridgehead atoms. The maximum Gasteiger partial charge on any atom is 0.235 e. The van der Waals surface area contributed by atoms with Crippen LogP contribution in [0.4, 0.5) is 0 Å². The van der Waals surface area contributed by atoms with E-state index in [4.69, 9.17) is 6.42 Å². The van der Waals surface area contributed by atoms with E-state index < -0.39 is 5.54 Å². The number of hydrogen-bond donors (Lipinski definition) is 2. The van der Waals surface area contributed by atoms with Crippen LogP contribution in [0, 0.1) is 12.3 Å². The molecular weight excluding hydrogens is 214 g/mol. The van der Waals surface area contributed by atoms with E-state index in [0.29, 0.717) is 12.6 Å². The van der Waals surface area contributed by atoms with Crippen LogP contribution < -0.4 is 10.6 Å². The van der Waals surface area contributed by atoms with Gasteiger partial charge in [0.05, 0.1) is 6.54 Å². The fraction of sp³-hybridized carbons (Fsp3) is 0.769. The molecule has 0 radical (unpaired) electrons. The number of likely N-dealkylation sites (N-methyl/N-ethyl adjacent to an activating group) is 1. The van der Waals surface area contributed by atoms with Crippen LogP contribution in [0.25, 0.3) is 0 Å². The van der Waals surface area contributed by atoms with Gasteiger partial charge in [-0.3, -0.25) is 9.69 Å². The van der Waals surface area contributed by atoms with Gasteiger partial charge in [-0.1, -0.05) is 19.8 Å². The average molecular weight is 237 g/mol. The van der Waals surface area contributed by atoms with Gasteiger partial charge in [0.25, 0.3) is 0 Å². The van der Waals surface area contributed by atoms with Gasteiger partial charge in [0, 0.05) is 19.1 Å². The van der Waals surface area contributed by atoms with Gasteiger partial charge in [-0.15, -0.1) is 6.42 Å². The SMILES string of the molecule is C#CC(CC)(CC)NC(=O)CN(C)C1CNC1. The van der Waals surface area contributed by atoms with Gasteiger partial charge < -0.3 is 10.6 Å². The molecule has 1 saturated heterocycles. The first-order valence-electron chi connectivity index (χ1n) is 6.26. The fourth-order valence-electron chi connectivity index (χ4n) is 1.91. The zero-order valence-corrected chi connectivity index (χ0v) is 11.0. The first kappa shape index (κ1) is 14.0. The lowest BCUT2D eigenvalue weighted by molar-refractivity contribution is -0.124. The third-order valence-corrected chi connectivity index (χ3v) is 3.64. The van der Waals surface area contributed by atoms with Crippen LogP contribution in [-0.4, -0.2) is 49.1 Å². The lowest BCUT2D eigenvalue weighted by Gasteiger charge is -2.36. The quantitative estimate of drug-likeness (QED) is 0.649. The van der Waals surface area contributed by atoms with Gasteiger partial charge in [0.2, 0.25) is 5.91 Å². The summed E-state index contributed by atoms with van der Waals surface area (Å²) in [6.45, 7) is 6.35. The van der Waals surface area contributed by atoms with E-state index in [2.05, 4.69) is 21.5 Å². The molecule has 1 amide bonds. The highest BCUT2D eigenvalue weighted by Gasteiger charge is 2.28. The molecule has 0 atom stereocenters. The van der Waals surface area contributed by atoms with Crippen LogP contribution in [-0.2, 0) is 4.79 Å². The molecule has 0 aliphatic carbocycles. The van der Waals surface area contributed by atoms with Crippen molar-refractivity contribution in [3.63, 3.8) is 0 Å². The summed E-state index contributed by atoms with van der Waals surface area (Å²) >= 11 is 0. The lowest BCUT2D eigenvalue weighted by Crippen LogP contribution is -2.58. The monoisotopic (exact) mass is 237 g/mol. The molecule has 1 fully saturated rings. The maximum atomic E-state index is 11.9. The van der Waals surface area contributed by atoms with Gasteiger partial charge in [-0.25, -0.2) is 0 Å². The van der Waals surface area contributed by atoms with Crippen molar-refractivity contribution in [2.75, 3.05) is 26.7 Å². The standard InChI is InChI=1S/C13H23N3O/c1-5-13(6-2,7-3)15-12(17)10-16(4)11-8-14-9-11/h1,11,14H,6-10H2,2-4H3,(H,15,17). The summed E-state index contributed by atoms with van der Waals surface area (Å²) in [5.41, 5.74) is -0.476. The smallest absolute Gasteiger partial charge is 0.235 e. The number of nitrogens with one attached hydrogen (secondary N) is 2. The Morgan fingerprint density at radius 1 is 1.53 bits per heavy atom. The van der Waals surface area contributed by atoms with E-state index in [0.717, 1.165) is 25.9 Å². The maximum absolute atomic E-state index is 11.9. The Kier molecular flexibility index (Phi) is 4.98. The molecular formula is C13H23N3O. The van der Waals surface area contributed by atoms with Crippen molar-refractivity contribution < 1.29 is 4.79 Å². The van der Waals surface area contributed by atoms with Crippen molar-refractivity contribution in [1.29, 1.82) is 0 Å². The fourth-order valence-corrected chi connectivity index (χ4v) is 1.91. The van der Waals surface area contributed by atoms with Crippen LogP contribution in [0.5, 0.6) is 0 Å². The molecule has 4 nitrogen and oxygen atoms in total. The molecule has 96 valence electrons. The number of rotatable bonds is 6. The van der Waals surface area contributed by atoms with Crippen molar-refractivity contribution in [2.24, 2.45) is 0 Å². The van der Waals surface area contributed by atoms with Crippen molar-refractivity contribution in [2.45, 2.75) is 38.3 Å². The minimum absolute atomic E-state index is 0.0149. The Morgan fingerprint density at radius 2 is 2.12 bits per heavy atom. The summed E-state index contributed by atoms with van der Waals surface area (Å²) in [5.74, 6) is 2.73. The van der Waals surface area contributed by atoms with Gasteiger partial charge in [-0.05, 0) is 19.9 Å². The van der Waals surface area contributed by atoms with Crippen LogP contribution in [0.2, 0.25) is 0 Å². The number of terminal acetylenes is 1. The summed E-state index contributed by atoms with van der Waals surface area (Å²) in [6.07, 6.45) is 7.05. The molecule has 0 unspecified atom stereocenters. The average Bonchev–Trinajstić information content (AvgIpc) is 2.23. The highest BCUT2D eigenvalue weighted by molar-refractivity contribution is 5.79. The molecule has 1 aliphatic heterocycles. The van der Waals surface area contributed by atoms with Gasteiger partial charge in [-0.2, -0.15) is 0 Å². The van der Waals surface area contributed by atoms with Crippen LogP contribution in [0.1, 0.15) is 26.7 Å². The molecule has 17 heavy (non-hydrogen) atoms. The number of carbonyl (C=O) groups excluding carboxylic acids is 1. The number of amides is 1. The van der Waals surface area contributed by atoms with Crippen molar-refractivity contribution in [3.05, 3.63) is 0 Å². The molecule has 0 saturated carbocycles. The van der Waals surface area contributed by atoms with Crippen molar-refractivity contribution in [3.8, 4) is 12.3 Å². The second-order valence-corrected chi connectivity index (χ2v) is 4.71. The topological polar surface area (TPSA) is 44.4 Å². The predicted octanol–water partition coefficient (Wildman–Crippen LogP) is 0.198. The molecule has 0 aromatic heterocycles. The third-order valence-electron chi connectivity index (χ3n) is 3.64. The van der Waals surface area contributed by atoms with Gasteiger partial charge in [0.1, 0.15) is 5.54 Å². The van der Waals surface area contributed by atoms with E-state index in [1.807, 2.05) is 20.9 Å². The summed E-state index contributed by atoms with van der Waals surface area (Å²) in [7, 11) is 1.97. The molecule has 1 rings (SSSR count). The van der Waals surface area contributed by atoms with E-state index in [1.54, 1.807) is 0 Å². The van der Waals surface area contributed by atoms with E-state index in [-0.39, 0.29) is 5.91 Å². The third kappa shape index (κ3) is 3.45. The summed E-state index contributed by atoms with van der Waals surface area (Å²) in [5, 5.41) is 6.17. The van der Waals surface area contributed by atoms with Crippen molar-refractivity contribution in [1.82, 2.24) is 15.5 Å². The molecule has 1 aliphatic rings. The second-order valence-electron chi connectivity index (χ2n) is 4.71. The van der Waals surface area contributed by atoms with Crippen LogP contribution in [0.15, 0.2) is 0 Å². The molecule has 2 N–H and O–H groups in total. The molecule has 4 heteroatoms. The summed E-state index contributed by atoms with van der Waals surface area (Å²) in [4.78, 5) is 14.0. The Morgan fingerprint density at radius 3 is 2.47 bits per heavy atom. The van der Waals surface area contributed by atoms with Crippen LogP contribution >= 0.6 is 0 Å². The van der Waals surface area contributed by atoms with Crippen LogP contribution in [0.3, 0.4) is 0 Å². The molecule has 0 spiro atoms. The second kappa shape index (κ2) is 6.04. The summed E-state index contributed by atoms with van der Waals surface area (Å²) in [6, 6.07) is 0.476. The molecule has 0 aromatic carbocycles. The Bertz CT molecular complexity index is 300. The van der Waals surface area contributed by atoms with E-state index in [1.165, 1.54) is 0 Å². The zero-order chi connectivity index (χ0) is 12.9. The Labute approximate surface area is 104 Å². The number of carbonyl (C=O) groups is 1. The molecule has 0 aromatic rings. The largest absolute Gasteiger partial charge is 0.339 e. The van der Waals surface area contributed by atoms with E-state index in [9.17, 15) is 4.79 Å². The Balaban J connectivity index is 2.44. The number of hydrogen-bond acceptors (Lipinski definition) is 3. The highest BCUT2D eigenvalue weighted by Crippen LogP contribution is 2.13. The summed E-state index contributed by atoms with van der Waals surface area (Å²) < 4.78 is 0. The molecule has 1 heterocycles. The Hall–Kier alpha value is -1.05.